The summed E-state index contributed by atoms with van der Waals surface area (Å²) in [6.07, 6.45) is 5.75. The second-order valence-corrected chi connectivity index (χ2v) is 8.80. The number of fused-ring (bicyclic) bond motifs is 1. The second kappa shape index (κ2) is 8.12. The molecular formula is C25H26N8. The normalized spacial score (nSPS) is 13.5. The van der Waals surface area contributed by atoms with Crippen LogP contribution in [0.1, 0.15) is 37.7 Å². The number of anilines is 1. The predicted molar refractivity (Wildman–Crippen MR) is 128 cm³/mol. The molecule has 1 unspecified atom stereocenters. The number of nitrogens with zero attached hydrogens (tertiary/aromatic N) is 6. The average molecular weight is 439 g/mol. The molecule has 3 aromatic heterocycles. The first kappa shape index (κ1) is 20.8. The van der Waals surface area contributed by atoms with Crippen molar-refractivity contribution in [1.82, 2.24) is 35.2 Å². The lowest BCUT2D eigenvalue weighted by Crippen LogP contribution is -2.30. The summed E-state index contributed by atoms with van der Waals surface area (Å²) in [5, 5.41) is 15.6. The Morgan fingerprint density at radius 1 is 1.00 bits per heavy atom. The zero-order chi connectivity index (χ0) is 23.0. The second-order valence-electron chi connectivity index (χ2n) is 8.80. The summed E-state index contributed by atoms with van der Waals surface area (Å²) in [5.41, 5.74) is 11.1. The third kappa shape index (κ3) is 3.63. The number of nitrogens with two attached hydrogens (primary N) is 1. The fourth-order valence-corrected chi connectivity index (χ4v) is 4.49. The van der Waals surface area contributed by atoms with Crippen LogP contribution in [0.15, 0.2) is 67.1 Å². The minimum atomic E-state index is -0.208. The molecule has 0 aliphatic carbocycles. The van der Waals surface area contributed by atoms with E-state index in [1.54, 1.807) is 12.4 Å². The van der Waals surface area contributed by atoms with Gasteiger partial charge in [-0.05, 0) is 39.1 Å². The largest absolute Gasteiger partial charge is 0.368 e. The van der Waals surface area contributed by atoms with Gasteiger partial charge in [0.15, 0.2) is 5.82 Å². The maximum Gasteiger partial charge on any atom is 0.219 e. The van der Waals surface area contributed by atoms with Crippen molar-refractivity contribution in [2.75, 3.05) is 5.73 Å². The summed E-state index contributed by atoms with van der Waals surface area (Å²) in [6.45, 7) is 7.45. The summed E-state index contributed by atoms with van der Waals surface area (Å²) in [7, 11) is 0. The Bertz CT molecular complexity index is 1370. The molecule has 1 atom stereocenters. The van der Waals surface area contributed by atoms with E-state index in [4.69, 9.17) is 5.73 Å². The third-order valence-electron chi connectivity index (χ3n) is 6.70. The highest BCUT2D eigenvalue weighted by Gasteiger charge is 2.35. The van der Waals surface area contributed by atoms with Crippen molar-refractivity contribution in [2.45, 2.75) is 32.7 Å². The fourth-order valence-electron chi connectivity index (χ4n) is 4.49. The molecule has 8 heteroatoms. The van der Waals surface area contributed by atoms with E-state index in [1.807, 2.05) is 0 Å². The van der Waals surface area contributed by atoms with Crippen LogP contribution in [0.25, 0.3) is 22.0 Å². The van der Waals surface area contributed by atoms with Crippen molar-refractivity contribution < 1.29 is 0 Å². The van der Waals surface area contributed by atoms with Gasteiger partial charge < -0.3 is 10.3 Å². The number of H-pyrrole nitrogens is 1. The molecule has 0 aliphatic rings. The van der Waals surface area contributed by atoms with Crippen LogP contribution in [0, 0.1) is 5.92 Å². The summed E-state index contributed by atoms with van der Waals surface area (Å²) in [4.78, 5) is 8.23. The lowest BCUT2D eigenvalue weighted by atomic mass is 9.68. The van der Waals surface area contributed by atoms with E-state index in [9.17, 15) is 0 Å². The first-order valence-electron chi connectivity index (χ1n) is 11.0. The van der Waals surface area contributed by atoms with Gasteiger partial charge in [0.1, 0.15) is 0 Å². The molecule has 8 nitrogen and oxygen atoms in total. The number of para-hydroxylation sites is 1. The van der Waals surface area contributed by atoms with Gasteiger partial charge in [-0.3, -0.25) is 0 Å². The van der Waals surface area contributed by atoms with Gasteiger partial charge in [0.05, 0.1) is 6.54 Å². The van der Waals surface area contributed by atoms with Crippen molar-refractivity contribution in [3.05, 3.63) is 84.1 Å². The van der Waals surface area contributed by atoms with Crippen molar-refractivity contribution >= 4 is 16.9 Å². The Balaban J connectivity index is 1.60. The van der Waals surface area contributed by atoms with Gasteiger partial charge in [0, 0.05) is 40.5 Å². The van der Waals surface area contributed by atoms with Crippen molar-refractivity contribution in [2.24, 2.45) is 5.92 Å². The summed E-state index contributed by atoms with van der Waals surface area (Å²) in [5.74, 6) is 1.36. The number of rotatable bonds is 6. The van der Waals surface area contributed by atoms with Gasteiger partial charge in [-0.15, -0.1) is 5.10 Å². The molecule has 0 aliphatic heterocycles. The van der Waals surface area contributed by atoms with Gasteiger partial charge in [-0.1, -0.05) is 63.2 Å². The van der Waals surface area contributed by atoms with Crippen LogP contribution in [-0.4, -0.2) is 35.2 Å². The number of aromatic amines is 1. The van der Waals surface area contributed by atoms with Crippen molar-refractivity contribution in [3.63, 3.8) is 0 Å². The van der Waals surface area contributed by atoms with E-state index in [1.165, 1.54) is 16.5 Å². The Hall–Kier alpha value is -4.07. The van der Waals surface area contributed by atoms with E-state index in [2.05, 4.69) is 111 Å². The first-order valence-corrected chi connectivity index (χ1v) is 11.0. The van der Waals surface area contributed by atoms with Crippen molar-refractivity contribution in [1.29, 1.82) is 0 Å². The molecule has 5 aromatic rings. The molecular weight excluding hydrogens is 412 g/mol. The van der Waals surface area contributed by atoms with Crippen LogP contribution >= 0.6 is 0 Å². The fraction of sp³-hybridized carbons (Fsp3) is 0.240. The minimum absolute atomic E-state index is 0.208. The van der Waals surface area contributed by atoms with Gasteiger partial charge in [0.25, 0.3) is 0 Å². The van der Waals surface area contributed by atoms with Crippen LogP contribution in [0.4, 0.5) is 5.95 Å². The molecule has 0 fully saturated rings. The summed E-state index contributed by atoms with van der Waals surface area (Å²) < 4.78 is 2.22. The zero-order valence-electron chi connectivity index (χ0n) is 18.9. The van der Waals surface area contributed by atoms with Crippen LogP contribution in [0.2, 0.25) is 0 Å². The molecule has 0 spiro atoms. The average Bonchev–Trinajstić information content (AvgIpc) is 3.48. The van der Waals surface area contributed by atoms with E-state index in [0.717, 1.165) is 22.5 Å². The number of tetrazole rings is 1. The summed E-state index contributed by atoms with van der Waals surface area (Å²) in [6, 6.07) is 17.2. The van der Waals surface area contributed by atoms with Crippen LogP contribution in [-0.2, 0) is 12.0 Å². The molecule has 3 N–H and O–H groups in total. The minimum Gasteiger partial charge on any atom is -0.368 e. The molecule has 2 aromatic carbocycles. The smallest absolute Gasteiger partial charge is 0.219 e. The van der Waals surface area contributed by atoms with Crippen LogP contribution in [0.3, 0.4) is 0 Å². The highest BCUT2D eigenvalue weighted by atomic mass is 15.5. The van der Waals surface area contributed by atoms with Crippen LogP contribution in [0.5, 0.6) is 0 Å². The maximum absolute atomic E-state index is 5.64. The van der Waals surface area contributed by atoms with Gasteiger partial charge >= 0.3 is 0 Å². The SMILES string of the molecule is CC(C)C(C)(c1ccc(-c2cnc(N)nc2)cc1)c1cn(Cc2nnn[nH]2)c2ccccc12. The van der Waals surface area contributed by atoms with Gasteiger partial charge in [-0.25, -0.2) is 15.1 Å². The number of benzene rings is 2. The first-order chi connectivity index (χ1) is 16.0. The van der Waals surface area contributed by atoms with E-state index >= 15 is 0 Å². The highest BCUT2D eigenvalue weighted by Crippen LogP contribution is 2.43. The molecule has 0 saturated heterocycles. The van der Waals surface area contributed by atoms with E-state index in [0.29, 0.717) is 12.5 Å². The zero-order valence-corrected chi connectivity index (χ0v) is 18.9. The third-order valence-corrected chi connectivity index (χ3v) is 6.70. The van der Waals surface area contributed by atoms with Gasteiger partial charge in [0.2, 0.25) is 5.95 Å². The van der Waals surface area contributed by atoms with Gasteiger partial charge in [-0.2, -0.15) is 0 Å². The Morgan fingerprint density at radius 2 is 1.73 bits per heavy atom. The number of nitrogens with one attached hydrogen (secondary N) is 1. The molecule has 3 heterocycles. The predicted octanol–water partition coefficient (Wildman–Crippen LogP) is 4.20. The number of aromatic nitrogens is 7. The van der Waals surface area contributed by atoms with Crippen molar-refractivity contribution in [3.8, 4) is 11.1 Å². The molecule has 166 valence electrons. The molecule has 0 radical (unpaired) electrons. The van der Waals surface area contributed by atoms with E-state index < -0.39 is 0 Å². The number of hydrogen-bond donors (Lipinski definition) is 2. The monoisotopic (exact) mass is 438 g/mol. The number of hydrogen-bond acceptors (Lipinski definition) is 6. The maximum atomic E-state index is 5.64. The lowest BCUT2D eigenvalue weighted by molar-refractivity contribution is 0.407. The Morgan fingerprint density at radius 3 is 2.39 bits per heavy atom. The molecule has 0 bridgehead atoms. The highest BCUT2D eigenvalue weighted by molar-refractivity contribution is 5.86. The number of nitrogen functional groups attached to an aromatic ring is 1. The molecule has 0 saturated carbocycles. The van der Waals surface area contributed by atoms with Crippen LogP contribution < -0.4 is 5.73 Å². The molecule has 5 rings (SSSR count). The Labute approximate surface area is 191 Å². The standard InChI is InChI=1S/C25H26N8/c1-16(2)25(3,19-10-8-17(9-11-19)18-12-27-24(26)28-13-18)21-14-33(15-23-29-31-32-30-23)22-7-5-4-6-20(21)22/h4-14,16H,15H2,1-3H3,(H2,26,27,28)(H,29,30,31,32). The molecule has 33 heavy (non-hydrogen) atoms. The summed E-state index contributed by atoms with van der Waals surface area (Å²) >= 11 is 0. The van der Waals surface area contributed by atoms with E-state index in [-0.39, 0.29) is 11.4 Å². The topological polar surface area (TPSA) is 111 Å². The molecule has 0 amide bonds. The Kier molecular flexibility index (Phi) is 5.12. The lowest BCUT2D eigenvalue weighted by Gasteiger charge is -2.35. The quantitative estimate of drug-likeness (QED) is 0.411.